The smallest absolute Gasteiger partial charge is 0.150 e. The molecule has 1 aromatic heterocycles. The molecular weight excluding hydrogens is 222 g/mol. The van der Waals surface area contributed by atoms with Crippen LogP contribution in [-0.2, 0) is 12.8 Å². The van der Waals surface area contributed by atoms with Gasteiger partial charge in [-0.05, 0) is 12.1 Å². The van der Waals surface area contributed by atoms with Crippen LogP contribution in [0.25, 0.3) is 0 Å². The summed E-state index contributed by atoms with van der Waals surface area (Å²) in [6.45, 7) is 0. The van der Waals surface area contributed by atoms with E-state index in [0.29, 0.717) is 5.56 Å². The minimum atomic E-state index is 0.698. The Morgan fingerprint density at radius 3 is 3.06 bits per heavy atom. The number of aromatic nitrogens is 3. The quantitative estimate of drug-likeness (QED) is 0.598. The Balaban J connectivity index is 2.01. The van der Waals surface area contributed by atoms with E-state index in [1.807, 2.05) is 31.4 Å². The number of hydrogen-bond acceptors (Lipinski definition) is 4. The molecule has 1 aromatic carbocycles. The lowest BCUT2D eigenvalue weighted by atomic mass is 10.2. The van der Waals surface area contributed by atoms with Crippen molar-refractivity contribution in [3.05, 3.63) is 41.7 Å². The molecule has 0 aliphatic carbocycles. The van der Waals surface area contributed by atoms with Gasteiger partial charge >= 0.3 is 0 Å². The maximum atomic E-state index is 10.6. The molecule has 0 N–H and O–H groups in total. The first kappa shape index (κ1) is 10.9. The third-order valence-electron chi connectivity index (χ3n) is 2.03. The molecule has 0 aliphatic heterocycles. The summed E-state index contributed by atoms with van der Waals surface area (Å²) in [4.78, 5) is 11.7. The van der Waals surface area contributed by atoms with Crippen LogP contribution in [0.15, 0.2) is 35.4 Å². The predicted molar refractivity (Wildman–Crippen MR) is 62.4 cm³/mol. The Morgan fingerprint density at radius 1 is 1.50 bits per heavy atom. The number of hydrogen-bond donors (Lipinski definition) is 0. The molecule has 0 saturated carbocycles. The number of aryl methyl sites for hydroxylation is 1. The summed E-state index contributed by atoms with van der Waals surface area (Å²) in [5.41, 5.74) is 1.63. The standard InChI is InChI=1S/C11H11N3OS/c1-14-6-10(12-13-14)8-16-11-4-2-3-9(5-11)7-15/h2-7H,8H2,1H3. The van der Waals surface area contributed by atoms with Crippen LogP contribution in [0, 0.1) is 0 Å². The third-order valence-corrected chi connectivity index (χ3v) is 3.06. The second-order valence-corrected chi connectivity index (χ2v) is 4.41. The Bertz CT molecular complexity index is 495. The molecular formula is C11H11N3OS. The van der Waals surface area contributed by atoms with Gasteiger partial charge in [-0.2, -0.15) is 0 Å². The van der Waals surface area contributed by atoms with Gasteiger partial charge in [-0.15, -0.1) is 16.9 Å². The molecule has 16 heavy (non-hydrogen) atoms. The Labute approximate surface area is 97.7 Å². The summed E-state index contributed by atoms with van der Waals surface area (Å²) in [5, 5.41) is 7.86. The van der Waals surface area contributed by atoms with Gasteiger partial charge in [0.1, 0.15) is 6.29 Å². The van der Waals surface area contributed by atoms with Gasteiger partial charge in [0.25, 0.3) is 0 Å². The van der Waals surface area contributed by atoms with Crippen molar-refractivity contribution in [2.24, 2.45) is 7.05 Å². The number of carbonyl (C=O) groups excluding carboxylic acids is 1. The van der Waals surface area contributed by atoms with Crippen LogP contribution >= 0.6 is 11.8 Å². The summed E-state index contributed by atoms with van der Waals surface area (Å²) in [6, 6.07) is 7.52. The first-order valence-corrected chi connectivity index (χ1v) is 5.80. The molecule has 0 saturated heterocycles. The highest BCUT2D eigenvalue weighted by Crippen LogP contribution is 2.22. The lowest BCUT2D eigenvalue weighted by Gasteiger charge is -1.99. The predicted octanol–water partition coefficient (Wildman–Crippen LogP) is 1.92. The fourth-order valence-corrected chi connectivity index (χ4v) is 2.14. The number of carbonyl (C=O) groups is 1. The van der Waals surface area contributed by atoms with Crippen LogP contribution in [0.3, 0.4) is 0 Å². The largest absolute Gasteiger partial charge is 0.298 e. The molecule has 0 aliphatic rings. The van der Waals surface area contributed by atoms with Gasteiger partial charge in [0.05, 0.1) is 5.69 Å². The van der Waals surface area contributed by atoms with Crippen LogP contribution in [-0.4, -0.2) is 21.3 Å². The average molecular weight is 233 g/mol. The van der Waals surface area contributed by atoms with Crippen molar-refractivity contribution in [3.8, 4) is 0 Å². The zero-order chi connectivity index (χ0) is 11.4. The lowest BCUT2D eigenvalue weighted by Crippen LogP contribution is -1.85. The van der Waals surface area contributed by atoms with Crippen molar-refractivity contribution in [3.63, 3.8) is 0 Å². The van der Waals surface area contributed by atoms with Gasteiger partial charge in [-0.3, -0.25) is 9.48 Å². The topological polar surface area (TPSA) is 47.8 Å². The molecule has 0 bridgehead atoms. The third kappa shape index (κ3) is 2.70. The Hall–Kier alpha value is -1.62. The molecule has 2 rings (SSSR count). The monoisotopic (exact) mass is 233 g/mol. The number of rotatable bonds is 4. The Kier molecular flexibility index (Phi) is 3.36. The van der Waals surface area contributed by atoms with Crippen molar-refractivity contribution < 1.29 is 4.79 Å². The number of thioether (sulfide) groups is 1. The van der Waals surface area contributed by atoms with Crippen molar-refractivity contribution in [1.29, 1.82) is 0 Å². The van der Waals surface area contributed by atoms with Crippen molar-refractivity contribution in [2.75, 3.05) is 0 Å². The molecule has 0 atom stereocenters. The number of benzene rings is 1. The van der Waals surface area contributed by atoms with Gasteiger partial charge in [-0.25, -0.2) is 0 Å². The average Bonchev–Trinajstić information content (AvgIpc) is 2.73. The van der Waals surface area contributed by atoms with E-state index >= 15 is 0 Å². The molecule has 0 unspecified atom stereocenters. The van der Waals surface area contributed by atoms with Crippen molar-refractivity contribution >= 4 is 18.0 Å². The van der Waals surface area contributed by atoms with E-state index in [-0.39, 0.29) is 0 Å². The summed E-state index contributed by atoms with van der Waals surface area (Å²) >= 11 is 1.64. The molecule has 0 spiro atoms. The van der Waals surface area contributed by atoms with E-state index < -0.39 is 0 Å². The molecule has 2 aromatic rings. The highest BCUT2D eigenvalue weighted by Gasteiger charge is 2.00. The second kappa shape index (κ2) is 4.94. The molecule has 1 heterocycles. The highest BCUT2D eigenvalue weighted by atomic mass is 32.2. The first-order chi connectivity index (χ1) is 7.78. The van der Waals surface area contributed by atoms with E-state index in [9.17, 15) is 4.79 Å². The molecule has 82 valence electrons. The van der Waals surface area contributed by atoms with E-state index in [2.05, 4.69) is 10.3 Å². The Morgan fingerprint density at radius 2 is 2.38 bits per heavy atom. The molecule has 0 radical (unpaired) electrons. The van der Waals surface area contributed by atoms with Crippen LogP contribution in [0.4, 0.5) is 0 Å². The molecule has 0 fully saturated rings. The van der Waals surface area contributed by atoms with E-state index in [1.54, 1.807) is 22.5 Å². The van der Waals surface area contributed by atoms with Crippen LogP contribution < -0.4 is 0 Å². The van der Waals surface area contributed by atoms with Gasteiger partial charge < -0.3 is 0 Å². The first-order valence-electron chi connectivity index (χ1n) is 4.81. The van der Waals surface area contributed by atoms with Crippen molar-refractivity contribution in [1.82, 2.24) is 15.0 Å². The second-order valence-electron chi connectivity index (χ2n) is 3.36. The summed E-state index contributed by atoms with van der Waals surface area (Å²) < 4.78 is 1.68. The number of aldehydes is 1. The van der Waals surface area contributed by atoms with Crippen LogP contribution in [0.5, 0.6) is 0 Å². The van der Waals surface area contributed by atoms with Gasteiger partial charge in [-0.1, -0.05) is 17.3 Å². The summed E-state index contributed by atoms with van der Waals surface area (Å²) in [6.07, 6.45) is 2.74. The fraction of sp³-hybridized carbons (Fsp3) is 0.182. The maximum absolute atomic E-state index is 10.6. The zero-order valence-corrected chi connectivity index (χ0v) is 9.65. The van der Waals surface area contributed by atoms with Crippen LogP contribution in [0.2, 0.25) is 0 Å². The normalized spacial score (nSPS) is 10.3. The highest BCUT2D eigenvalue weighted by molar-refractivity contribution is 7.98. The van der Waals surface area contributed by atoms with Gasteiger partial charge in [0.15, 0.2) is 0 Å². The molecule has 4 nitrogen and oxygen atoms in total. The van der Waals surface area contributed by atoms with Crippen molar-refractivity contribution in [2.45, 2.75) is 10.6 Å². The molecule has 5 heteroatoms. The lowest BCUT2D eigenvalue weighted by molar-refractivity contribution is 0.112. The fourth-order valence-electron chi connectivity index (χ4n) is 1.30. The SMILES string of the molecule is Cn1cc(CSc2cccc(C=O)c2)nn1. The molecule has 0 amide bonds. The number of nitrogens with zero attached hydrogens (tertiary/aromatic N) is 3. The minimum absolute atomic E-state index is 0.698. The van der Waals surface area contributed by atoms with E-state index in [4.69, 9.17) is 0 Å². The summed E-state index contributed by atoms with van der Waals surface area (Å²) in [5.74, 6) is 0.760. The van der Waals surface area contributed by atoms with Gasteiger partial charge in [0.2, 0.25) is 0 Å². The van der Waals surface area contributed by atoms with E-state index in [1.165, 1.54) is 0 Å². The zero-order valence-electron chi connectivity index (χ0n) is 8.83. The van der Waals surface area contributed by atoms with Crippen LogP contribution in [0.1, 0.15) is 16.1 Å². The van der Waals surface area contributed by atoms with Gasteiger partial charge in [0, 0.05) is 29.5 Å². The van der Waals surface area contributed by atoms with E-state index in [0.717, 1.165) is 22.6 Å². The summed E-state index contributed by atoms with van der Waals surface area (Å²) in [7, 11) is 1.84. The minimum Gasteiger partial charge on any atom is -0.298 e. The maximum Gasteiger partial charge on any atom is 0.150 e.